The second-order valence-electron chi connectivity index (χ2n) is 5.31. The maximum absolute atomic E-state index is 13.8. The molecule has 0 saturated carbocycles. The predicted octanol–water partition coefficient (Wildman–Crippen LogP) is 2.79. The van der Waals surface area contributed by atoms with Gasteiger partial charge in [0.1, 0.15) is 0 Å². The van der Waals surface area contributed by atoms with E-state index in [1.165, 1.54) is 6.07 Å². The van der Waals surface area contributed by atoms with E-state index in [0.717, 1.165) is 23.2 Å². The normalized spacial score (nSPS) is 11.5. The van der Waals surface area contributed by atoms with Gasteiger partial charge in [0, 0.05) is 37.0 Å². The molecule has 9 heteroatoms. The Bertz CT molecular complexity index is 921. The third-order valence-corrected chi connectivity index (χ3v) is 3.33. The summed E-state index contributed by atoms with van der Waals surface area (Å²) in [6.07, 6.45) is 2.92. The third-order valence-electron chi connectivity index (χ3n) is 3.33. The molecule has 0 spiro atoms. The van der Waals surface area contributed by atoms with E-state index in [1.807, 2.05) is 0 Å². The van der Waals surface area contributed by atoms with Crippen LogP contribution in [0.1, 0.15) is 22.8 Å². The Balaban J connectivity index is 1.70. The topological polar surface area (TPSA) is 68.5 Å². The highest BCUT2D eigenvalue weighted by Gasteiger charge is 2.25. The Morgan fingerprint density at radius 3 is 2.88 bits per heavy atom. The van der Waals surface area contributed by atoms with Crippen LogP contribution in [0.3, 0.4) is 0 Å². The van der Waals surface area contributed by atoms with Crippen LogP contribution in [0.15, 0.2) is 43.0 Å². The van der Waals surface area contributed by atoms with Crippen molar-refractivity contribution in [3.8, 4) is 5.75 Å². The lowest BCUT2D eigenvalue weighted by Gasteiger charge is -2.14. The highest BCUT2D eigenvalue weighted by molar-refractivity contribution is 5.94. The second kappa shape index (κ2) is 6.42. The van der Waals surface area contributed by atoms with Gasteiger partial charge in [0.25, 0.3) is 5.91 Å². The number of benzene rings is 1. The molecule has 0 aliphatic heterocycles. The van der Waals surface area contributed by atoms with Crippen LogP contribution in [0.4, 0.5) is 13.2 Å². The van der Waals surface area contributed by atoms with E-state index in [4.69, 9.17) is 0 Å². The van der Waals surface area contributed by atoms with Crippen LogP contribution in [0.2, 0.25) is 0 Å². The van der Waals surface area contributed by atoms with Crippen LogP contribution in [0.5, 0.6) is 5.75 Å². The molecule has 1 amide bonds. The number of amides is 1. The number of hydrogen-bond donors (Lipinski definition) is 1. The number of nitrogens with zero attached hydrogens (tertiary/aromatic N) is 3. The minimum absolute atomic E-state index is 0.0149. The van der Waals surface area contributed by atoms with Gasteiger partial charge in [0.2, 0.25) is 0 Å². The maximum atomic E-state index is 13.8. The van der Waals surface area contributed by atoms with E-state index in [2.05, 4.69) is 20.1 Å². The van der Waals surface area contributed by atoms with Gasteiger partial charge in [-0.25, -0.2) is 8.91 Å². The zero-order valence-electron chi connectivity index (χ0n) is 13.0. The average Bonchev–Trinajstić information content (AvgIpc) is 2.96. The fourth-order valence-corrected chi connectivity index (χ4v) is 2.22. The highest BCUT2D eigenvalue weighted by atomic mass is 19.3. The quantitative estimate of drug-likeness (QED) is 0.768. The van der Waals surface area contributed by atoms with Gasteiger partial charge in [-0.2, -0.15) is 13.9 Å². The van der Waals surface area contributed by atoms with Crippen LogP contribution in [-0.4, -0.2) is 26.6 Å². The fourth-order valence-electron chi connectivity index (χ4n) is 2.22. The second-order valence-corrected chi connectivity index (χ2v) is 5.31. The van der Waals surface area contributed by atoms with Crippen molar-refractivity contribution in [3.05, 3.63) is 59.9 Å². The Labute approximate surface area is 140 Å². The summed E-state index contributed by atoms with van der Waals surface area (Å²) in [4.78, 5) is 16.1. The Morgan fingerprint density at radius 2 is 2.16 bits per heavy atom. The summed E-state index contributed by atoms with van der Waals surface area (Å²) in [6, 6.07) is 3.03. The number of fused-ring (bicyclic) bond motifs is 1. The zero-order chi connectivity index (χ0) is 18.0. The maximum Gasteiger partial charge on any atom is 0.395 e. The van der Waals surface area contributed by atoms with Crippen LogP contribution >= 0.6 is 0 Å². The van der Waals surface area contributed by atoms with Gasteiger partial charge in [0.15, 0.2) is 11.6 Å². The van der Waals surface area contributed by atoms with Crippen molar-refractivity contribution in [1.82, 2.24) is 19.9 Å². The number of ether oxygens (including phenoxy) is 1. The largest absolute Gasteiger partial charge is 0.430 e. The molecule has 1 aromatic carbocycles. The molecule has 0 aliphatic rings. The summed E-state index contributed by atoms with van der Waals surface area (Å²) in [5, 5.41) is 6.72. The van der Waals surface area contributed by atoms with Gasteiger partial charge in [0.05, 0.1) is 17.9 Å². The minimum Gasteiger partial charge on any atom is -0.430 e. The van der Waals surface area contributed by atoms with Crippen molar-refractivity contribution in [2.75, 3.05) is 0 Å². The SMILES string of the molecule is CC(F)(F)Oc1ccc(C(=O)NCc2cnn3ccncc23)cc1F. The standard InChI is InChI=1S/C16H13F3N4O2/c1-16(18,19)25-14-3-2-10(6-12(14)17)15(24)21-7-11-8-22-23-5-4-20-9-13(11)23/h2-6,8-9H,7H2,1H3,(H,21,24). The van der Waals surface area contributed by atoms with Crippen molar-refractivity contribution in [2.24, 2.45) is 0 Å². The van der Waals surface area contributed by atoms with E-state index in [-0.39, 0.29) is 12.1 Å². The minimum atomic E-state index is -3.51. The molecule has 6 nitrogen and oxygen atoms in total. The van der Waals surface area contributed by atoms with Crippen LogP contribution in [-0.2, 0) is 6.54 Å². The van der Waals surface area contributed by atoms with Crippen molar-refractivity contribution in [3.63, 3.8) is 0 Å². The summed E-state index contributed by atoms with van der Waals surface area (Å²) in [5.74, 6) is -2.23. The van der Waals surface area contributed by atoms with E-state index in [0.29, 0.717) is 6.92 Å². The van der Waals surface area contributed by atoms with Crippen molar-refractivity contribution >= 4 is 11.4 Å². The van der Waals surface area contributed by atoms with Gasteiger partial charge in [-0.05, 0) is 18.2 Å². The zero-order valence-corrected chi connectivity index (χ0v) is 13.0. The fraction of sp³-hybridized carbons (Fsp3) is 0.188. The van der Waals surface area contributed by atoms with Crippen LogP contribution < -0.4 is 10.1 Å². The summed E-state index contributed by atoms with van der Waals surface area (Å²) >= 11 is 0. The molecule has 0 atom stereocenters. The Kier molecular flexibility index (Phi) is 4.30. The molecule has 2 aromatic heterocycles. The first-order valence-corrected chi connectivity index (χ1v) is 7.24. The molecule has 2 heterocycles. The van der Waals surface area contributed by atoms with Crippen LogP contribution in [0.25, 0.3) is 5.52 Å². The first-order valence-electron chi connectivity index (χ1n) is 7.24. The lowest BCUT2D eigenvalue weighted by atomic mass is 10.2. The summed E-state index contributed by atoms with van der Waals surface area (Å²) in [5.41, 5.74) is 1.44. The summed E-state index contributed by atoms with van der Waals surface area (Å²) in [6.45, 7) is 0.652. The molecule has 0 fully saturated rings. The van der Waals surface area contributed by atoms with E-state index >= 15 is 0 Å². The molecule has 130 valence electrons. The number of rotatable bonds is 5. The number of nitrogens with one attached hydrogen (secondary N) is 1. The first kappa shape index (κ1) is 16.7. The first-order chi connectivity index (χ1) is 11.8. The number of halogens is 3. The molecule has 3 rings (SSSR count). The number of carbonyl (C=O) groups is 1. The highest BCUT2D eigenvalue weighted by Crippen LogP contribution is 2.25. The third kappa shape index (κ3) is 3.87. The van der Waals surface area contributed by atoms with Crippen molar-refractivity contribution in [1.29, 1.82) is 0 Å². The Hall–Kier alpha value is -3.10. The number of hydrogen-bond acceptors (Lipinski definition) is 4. The lowest BCUT2D eigenvalue weighted by molar-refractivity contribution is -0.160. The molecule has 1 N–H and O–H groups in total. The van der Waals surface area contributed by atoms with E-state index < -0.39 is 23.6 Å². The van der Waals surface area contributed by atoms with Crippen molar-refractivity contribution < 1.29 is 22.7 Å². The summed E-state index contributed by atoms with van der Waals surface area (Å²) < 4.78 is 45.1. The molecule has 0 aliphatic carbocycles. The van der Waals surface area contributed by atoms with Gasteiger partial charge >= 0.3 is 6.11 Å². The molecular formula is C16H13F3N4O2. The molecule has 0 bridgehead atoms. The molecule has 25 heavy (non-hydrogen) atoms. The smallest absolute Gasteiger partial charge is 0.395 e. The van der Waals surface area contributed by atoms with Gasteiger partial charge < -0.3 is 10.1 Å². The Morgan fingerprint density at radius 1 is 1.36 bits per heavy atom. The van der Waals surface area contributed by atoms with Gasteiger partial charge in [-0.3, -0.25) is 9.78 Å². The summed E-state index contributed by atoms with van der Waals surface area (Å²) in [7, 11) is 0. The molecule has 3 aromatic rings. The number of carbonyl (C=O) groups excluding carboxylic acids is 1. The molecule has 0 unspecified atom stereocenters. The predicted molar refractivity (Wildman–Crippen MR) is 81.8 cm³/mol. The van der Waals surface area contributed by atoms with Crippen LogP contribution in [0, 0.1) is 5.82 Å². The van der Waals surface area contributed by atoms with Crippen molar-refractivity contribution in [2.45, 2.75) is 19.6 Å². The van der Waals surface area contributed by atoms with E-state index in [9.17, 15) is 18.0 Å². The average molecular weight is 350 g/mol. The molecule has 0 radical (unpaired) electrons. The molecular weight excluding hydrogens is 337 g/mol. The van der Waals surface area contributed by atoms with Gasteiger partial charge in [-0.1, -0.05) is 0 Å². The lowest BCUT2D eigenvalue weighted by Crippen LogP contribution is -2.23. The molecule has 0 saturated heterocycles. The monoisotopic (exact) mass is 350 g/mol. The number of aromatic nitrogens is 3. The number of alkyl halides is 2. The van der Waals surface area contributed by atoms with E-state index in [1.54, 1.807) is 29.3 Å². The van der Waals surface area contributed by atoms with Gasteiger partial charge in [-0.15, -0.1) is 0 Å².